The zero-order valence-corrected chi connectivity index (χ0v) is 8.74. The summed E-state index contributed by atoms with van der Waals surface area (Å²) in [6.45, 7) is 3.53. The van der Waals surface area contributed by atoms with Crippen LogP contribution in [-0.4, -0.2) is 48.3 Å². The molecule has 82 valence electrons. The molecule has 0 aromatic rings. The molecule has 0 radical (unpaired) electrons. The summed E-state index contributed by atoms with van der Waals surface area (Å²) in [6, 6.07) is 0. The van der Waals surface area contributed by atoms with Gasteiger partial charge in [0.15, 0.2) is 0 Å². The molecule has 1 aliphatic rings. The van der Waals surface area contributed by atoms with Crippen LogP contribution >= 0.6 is 0 Å². The largest absolute Gasteiger partial charge is 0.394 e. The Morgan fingerprint density at radius 1 is 1.57 bits per heavy atom. The first-order valence-corrected chi connectivity index (χ1v) is 5.22. The van der Waals surface area contributed by atoms with Crippen molar-refractivity contribution in [1.29, 1.82) is 0 Å². The van der Waals surface area contributed by atoms with Crippen molar-refractivity contribution in [2.24, 2.45) is 0 Å². The van der Waals surface area contributed by atoms with Crippen LogP contribution in [0.4, 0.5) is 0 Å². The minimum atomic E-state index is 0.0522. The monoisotopic (exact) mass is 201 g/mol. The van der Waals surface area contributed by atoms with Crippen molar-refractivity contribution in [3.05, 3.63) is 0 Å². The third kappa shape index (κ3) is 3.64. The summed E-state index contributed by atoms with van der Waals surface area (Å²) in [5.41, 5.74) is 0. The molecule has 1 fully saturated rings. The first-order chi connectivity index (χ1) is 6.74. The van der Waals surface area contributed by atoms with E-state index in [9.17, 15) is 4.79 Å². The quantitative estimate of drug-likeness (QED) is 0.719. The van der Waals surface area contributed by atoms with Gasteiger partial charge < -0.3 is 14.7 Å². The van der Waals surface area contributed by atoms with E-state index in [4.69, 9.17) is 9.84 Å². The second-order valence-corrected chi connectivity index (χ2v) is 3.68. The molecule has 0 saturated carbocycles. The first-order valence-electron chi connectivity index (χ1n) is 5.22. The SMILES string of the molecule is CC(=O)N1CCCCC(OCCO)C1. The molecule has 1 aliphatic heterocycles. The molecular formula is C10H19NO3. The predicted molar refractivity (Wildman–Crippen MR) is 52.9 cm³/mol. The molecule has 0 aromatic heterocycles. The van der Waals surface area contributed by atoms with Crippen LogP contribution in [0.15, 0.2) is 0 Å². The minimum absolute atomic E-state index is 0.0522. The fourth-order valence-electron chi connectivity index (χ4n) is 1.74. The van der Waals surface area contributed by atoms with Crippen LogP contribution in [0, 0.1) is 0 Å². The van der Waals surface area contributed by atoms with Crippen LogP contribution in [0.2, 0.25) is 0 Å². The van der Waals surface area contributed by atoms with Gasteiger partial charge in [-0.15, -0.1) is 0 Å². The third-order valence-electron chi connectivity index (χ3n) is 2.52. The number of hydrogen-bond donors (Lipinski definition) is 1. The Labute approximate surface area is 84.8 Å². The molecule has 1 unspecified atom stereocenters. The van der Waals surface area contributed by atoms with Gasteiger partial charge in [0.05, 0.1) is 19.3 Å². The summed E-state index contributed by atoms with van der Waals surface area (Å²) >= 11 is 0. The lowest BCUT2D eigenvalue weighted by Gasteiger charge is -2.23. The first kappa shape index (κ1) is 11.5. The second kappa shape index (κ2) is 5.98. The third-order valence-corrected chi connectivity index (χ3v) is 2.52. The number of likely N-dealkylation sites (tertiary alicyclic amines) is 1. The van der Waals surface area contributed by atoms with Crippen molar-refractivity contribution in [3.8, 4) is 0 Å². The van der Waals surface area contributed by atoms with Crippen LogP contribution < -0.4 is 0 Å². The predicted octanol–water partition coefficient (Wildman–Crippen LogP) is 0.396. The highest BCUT2D eigenvalue weighted by Gasteiger charge is 2.19. The van der Waals surface area contributed by atoms with Gasteiger partial charge in [-0.25, -0.2) is 0 Å². The minimum Gasteiger partial charge on any atom is -0.394 e. The van der Waals surface area contributed by atoms with Crippen molar-refractivity contribution in [1.82, 2.24) is 4.90 Å². The average molecular weight is 201 g/mol. The van der Waals surface area contributed by atoms with Crippen molar-refractivity contribution in [3.63, 3.8) is 0 Å². The van der Waals surface area contributed by atoms with Crippen LogP contribution in [0.5, 0.6) is 0 Å². The molecule has 1 amide bonds. The van der Waals surface area contributed by atoms with Gasteiger partial charge in [-0.1, -0.05) is 0 Å². The molecule has 1 heterocycles. The zero-order valence-electron chi connectivity index (χ0n) is 8.74. The Balaban J connectivity index is 2.38. The fraction of sp³-hybridized carbons (Fsp3) is 0.900. The van der Waals surface area contributed by atoms with Gasteiger partial charge in [0.2, 0.25) is 5.91 Å². The maximum atomic E-state index is 11.2. The number of nitrogens with zero attached hydrogens (tertiary/aromatic N) is 1. The van der Waals surface area contributed by atoms with E-state index in [-0.39, 0.29) is 18.6 Å². The van der Waals surface area contributed by atoms with E-state index < -0.39 is 0 Å². The molecule has 1 rings (SSSR count). The highest BCUT2D eigenvalue weighted by atomic mass is 16.5. The molecule has 0 aromatic carbocycles. The molecule has 4 heteroatoms. The van der Waals surface area contributed by atoms with Crippen LogP contribution in [0.25, 0.3) is 0 Å². The van der Waals surface area contributed by atoms with E-state index in [1.807, 2.05) is 4.90 Å². The number of carbonyl (C=O) groups is 1. The van der Waals surface area contributed by atoms with E-state index in [2.05, 4.69) is 0 Å². The Morgan fingerprint density at radius 2 is 2.36 bits per heavy atom. The van der Waals surface area contributed by atoms with Crippen molar-refractivity contribution >= 4 is 5.91 Å². The molecule has 1 N–H and O–H groups in total. The van der Waals surface area contributed by atoms with Crippen molar-refractivity contribution in [2.75, 3.05) is 26.3 Å². The molecule has 0 aliphatic carbocycles. The Kier molecular flexibility index (Phi) is 4.90. The van der Waals surface area contributed by atoms with E-state index in [0.717, 1.165) is 25.8 Å². The van der Waals surface area contributed by atoms with Gasteiger partial charge in [0, 0.05) is 20.0 Å². The van der Waals surface area contributed by atoms with E-state index >= 15 is 0 Å². The summed E-state index contributed by atoms with van der Waals surface area (Å²) in [5.74, 6) is 0.115. The van der Waals surface area contributed by atoms with Crippen LogP contribution in [-0.2, 0) is 9.53 Å². The number of aliphatic hydroxyl groups is 1. The van der Waals surface area contributed by atoms with E-state index in [1.165, 1.54) is 0 Å². The smallest absolute Gasteiger partial charge is 0.219 e. The van der Waals surface area contributed by atoms with Gasteiger partial charge in [0.1, 0.15) is 0 Å². The Morgan fingerprint density at radius 3 is 3.00 bits per heavy atom. The summed E-state index contributed by atoms with van der Waals surface area (Å²) < 4.78 is 5.45. The average Bonchev–Trinajstić information content (AvgIpc) is 2.39. The van der Waals surface area contributed by atoms with Gasteiger partial charge in [-0.2, -0.15) is 0 Å². The fourth-order valence-corrected chi connectivity index (χ4v) is 1.74. The van der Waals surface area contributed by atoms with Gasteiger partial charge in [-0.05, 0) is 19.3 Å². The summed E-state index contributed by atoms with van der Waals surface area (Å²) in [5, 5.41) is 8.64. The molecule has 1 saturated heterocycles. The van der Waals surface area contributed by atoms with Crippen molar-refractivity contribution < 1.29 is 14.6 Å². The summed E-state index contributed by atoms with van der Waals surface area (Å²) in [4.78, 5) is 13.0. The lowest BCUT2D eigenvalue weighted by molar-refractivity contribution is -0.130. The van der Waals surface area contributed by atoms with E-state index in [1.54, 1.807) is 6.92 Å². The lowest BCUT2D eigenvalue weighted by atomic mass is 10.2. The second-order valence-electron chi connectivity index (χ2n) is 3.68. The number of rotatable bonds is 3. The van der Waals surface area contributed by atoms with Gasteiger partial charge in [-0.3, -0.25) is 4.79 Å². The Hall–Kier alpha value is -0.610. The highest BCUT2D eigenvalue weighted by Crippen LogP contribution is 2.13. The molecule has 4 nitrogen and oxygen atoms in total. The lowest BCUT2D eigenvalue weighted by Crippen LogP contribution is -2.36. The molecule has 1 atom stereocenters. The van der Waals surface area contributed by atoms with Gasteiger partial charge in [0.25, 0.3) is 0 Å². The maximum Gasteiger partial charge on any atom is 0.219 e. The van der Waals surface area contributed by atoms with Crippen molar-refractivity contribution in [2.45, 2.75) is 32.3 Å². The number of hydrogen-bond acceptors (Lipinski definition) is 3. The number of carbonyl (C=O) groups excluding carboxylic acids is 1. The highest BCUT2D eigenvalue weighted by molar-refractivity contribution is 5.73. The zero-order chi connectivity index (χ0) is 10.4. The summed E-state index contributed by atoms with van der Waals surface area (Å²) in [7, 11) is 0. The molecule has 14 heavy (non-hydrogen) atoms. The normalized spacial score (nSPS) is 23.3. The topological polar surface area (TPSA) is 49.8 Å². The number of ether oxygens (including phenoxy) is 1. The van der Waals surface area contributed by atoms with Gasteiger partial charge >= 0.3 is 0 Å². The molecular weight excluding hydrogens is 182 g/mol. The van der Waals surface area contributed by atoms with E-state index in [0.29, 0.717) is 13.2 Å². The van der Waals surface area contributed by atoms with Crippen LogP contribution in [0.1, 0.15) is 26.2 Å². The summed E-state index contributed by atoms with van der Waals surface area (Å²) in [6.07, 6.45) is 3.25. The van der Waals surface area contributed by atoms with Crippen LogP contribution in [0.3, 0.4) is 0 Å². The molecule has 0 spiro atoms. The molecule has 0 bridgehead atoms. The Bertz CT molecular complexity index is 184. The maximum absolute atomic E-state index is 11.2. The number of amides is 1. The number of aliphatic hydroxyl groups excluding tert-OH is 1. The standard InChI is InChI=1S/C10H19NO3/c1-9(13)11-5-3-2-4-10(8-11)14-7-6-12/h10,12H,2-8H2,1H3.